The van der Waals surface area contributed by atoms with Gasteiger partial charge in [-0.2, -0.15) is 0 Å². The molecule has 0 aromatic heterocycles. The van der Waals surface area contributed by atoms with Crippen LogP contribution in [0.25, 0.3) is 0 Å². The summed E-state index contributed by atoms with van der Waals surface area (Å²) in [5.41, 5.74) is 7.14. The van der Waals surface area contributed by atoms with E-state index in [4.69, 9.17) is 5.73 Å². The highest BCUT2D eigenvalue weighted by Crippen LogP contribution is 2.31. The fourth-order valence-corrected chi connectivity index (χ4v) is 1.98. The number of fused-ring (bicyclic) bond motifs is 1. The molecule has 2 N–H and O–H groups in total. The van der Waals surface area contributed by atoms with Gasteiger partial charge in [-0.05, 0) is 18.6 Å². The van der Waals surface area contributed by atoms with E-state index in [1.807, 2.05) is 11.9 Å². The monoisotopic (exact) mass is 208 g/mol. The van der Waals surface area contributed by atoms with Crippen molar-refractivity contribution in [3.05, 3.63) is 23.5 Å². The van der Waals surface area contributed by atoms with Crippen molar-refractivity contribution in [1.29, 1.82) is 0 Å². The van der Waals surface area contributed by atoms with Crippen LogP contribution in [0.4, 0.5) is 15.8 Å². The van der Waals surface area contributed by atoms with Crippen molar-refractivity contribution in [2.24, 2.45) is 0 Å². The van der Waals surface area contributed by atoms with Crippen LogP contribution >= 0.6 is 0 Å². The van der Waals surface area contributed by atoms with Crippen LogP contribution in [0.1, 0.15) is 23.2 Å². The Morgan fingerprint density at radius 3 is 2.93 bits per heavy atom. The first-order valence-electron chi connectivity index (χ1n) is 4.93. The number of nitrogens with two attached hydrogens (primary N) is 1. The maximum atomic E-state index is 13.1. The second-order valence-electron chi connectivity index (χ2n) is 3.84. The standard InChI is InChI=1S/C11H13FN2O/c1-14-4-2-3-10(15)8-5-7(12)6-9(13)11(8)14/h5-6H,2-4,13H2,1H3. The fourth-order valence-electron chi connectivity index (χ4n) is 1.98. The number of Topliss-reactive ketones (excluding diaryl/α,β-unsaturated/α-hetero) is 1. The average molecular weight is 208 g/mol. The van der Waals surface area contributed by atoms with E-state index < -0.39 is 5.82 Å². The van der Waals surface area contributed by atoms with Crippen LogP contribution in [0, 0.1) is 5.82 Å². The van der Waals surface area contributed by atoms with Crippen LogP contribution < -0.4 is 10.6 Å². The molecule has 1 aliphatic heterocycles. The molecule has 80 valence electrons. The molecule has 1 aromatic rings. The van der Waals surface area contributed by atoms with Crippen LogP contribution in [0.2, 0.25) is 0 Å². The van der Waals surface area contributed by atoms with Gasteiger partial charge in [-0.25, -0.2) is 4.39 Å². The van der Waals surface area contributed by atoms with E-state index in [2.05, 4.69) is 0 Å². The van der Waals surface area contributed by atoms with Gasteiger partial charge in [0.15, 0.2) is 5.78 Å². The normalized spacial score (nSPS) is 16.1. The van der Waals surface area contributed by atoms with Gasteiger partial charge >= 0.3 is 0 Å². The van der Waals surface area contributed by atoms with Crippen molar-refractivity contribution < 1.29 is 9.18 Å². The molecular formula is C11H13FN2O. The van der Waals surface area contributed by atoms with Gasteiger partial charge in [0.1, 0.15) is 5.82 Å². The number of nitrogens with zero attached hydrogens (tertiary/aromatic N) is 1. The number of halogens is 1. The molecule has 1 heterocycles. The quantitative estimate of drug-likeness (QED) is 0.661. The number of anilines is 2. The molecule has 2 rings (SSSR count). The highest BCUT2D eigenvalue weighted by atomic mass is 19.1. The van der Waals surface area contributed by atoms with Gasteiger partial charge in [-0.15, -0.1) is 0 Å². The molecule has 0 saturated carbocycles. The van der Waals surface area contributed by atoms with Crippen LogP contribution in [-0.2, 0) is 0 Å². The molecule has 15 heavy (non-hydrogen) atoms. The summed E-state index contributed by atoms with van der Waals surface area (Å²) in [6, 6.07) is 2.53. The van der Waals surface area contributed by atoms with Gasteiger partial charge in [0.25, 0.3) is 0 Å². The van der Waals surface area contributed by atoms with E-state index in [9.17, 15) is 9.18 Å². The summed E-state index contributed by atoms with van der Waals surface area (Å²) in [7, 11) is 1.87. The first kappa shape index (κ1) is 9.96. The van der Waals surface area contributed by atoms with Gasteiger partial charge in [-0.3, -0.25) is 4.79 Å². The topological polar surface area (TPSA) is 46.3 Å². The Kier molecular flexibility index (Phi) is 2.34. The Hall–Kier alpha value is -1.58. The van der Waals surface area contributed by atoms with Crippen LogP contribution in [-0.4, -0.2) is 19.4 Å². The minimum atomic E-state index is -0.449. The molecular weight excluding hydrogens is 195 g/mol. The van der Waals surface area contributed by atoms with Crippen molar-refractivity contribution >= 4 is 17.2 Å². The van der Waals surface area contributed by atoms with Gasteiger partial charge in [-0.1, -0.05) is 0 Å². The maximum absolute atomic E-state index is 13.1. The minimum Gasteiger partial charge on any atom is -0.397 e. The van der Waals surface area contributed by atoms with E-state index >= 15 is 0 Å². The second-order valence-corrected chi connectivity index (χ2v) is 3.84. The Balaban J connectivity index is 2.64. The number of carbonyl (C=O) groups is 1. The third kappa shape index (κ3) is 1.67. The highest BCUT2D eigenvalue weighted by Gasteiger charge is 2.21. The summed E-state index contributed by atoms with van der Waals surface area (Å²) in [6.07, 6.45) is 1.24. The second kappa shape index (κ2) is 3.53. The first-order chi connectivity index (χ1) is 7.09. The SMILES string of the molecule is CN1CCCC(=O)c2cc(F)cc(N)c21. The van der Waals surface area contributed by atoms with E-state index in [0.717, 1.165) is 13.0 Å². The van der Waals surface area contributed by atoms with Gasteiger partial charge in [0.05, 0.1) is 11.4 Å². The number of carbonyl (C=O) groups excluding carboxylic acids is 1. The Morgan fingerprint density at radius 1 is 1.47 bits per heavy atom. The number of hydrogen-bond donors (Lipinski definition) is 1. The lowest BCUT2D eigenvalue weighted by atomic mass is 10.0. The predicted molar refractivity (Wildman–Crippen MR) is 57.6 cm³/mol. The smallest absolute Gasteiger partial charge is 0.165 e. The summed E-state index contributed by atoms with van der Waals surface area (Å²) in [6.45, 7) is 0.772. The van der Waals surface area contributed by atoms with Gasteiger partial charge in [0.2, 0.25) is 0 Å². The Labute approximate surface area is 87.7 Å². The molecule has 1 aliphatic rings. The minimum absolute atomic E-state index is 0.0273. The summed E-state index contributed by atoms with van der Waals surface area (Å²) in [5.74, 6) is -0.476. The van der Waals surface area contributed by atoms with E-state index in [0.29, 0.717) is 23.4 Å². The lowest BCUT2D eigenvalue weighted by Gasteiger charge is -2.20. The molecule has 0 amide bonds. The molecule has 0 aliphatic carbocycles. The van der Waals surface area contributed by atoms with Crippen molar-refractivity contribution in [3.63, 3.8) is 0 Å². The van der Waals surface area contributed by atoms with Crippen LogP contribution in [0.3, 0.4) is 0 Å². The number of ketones is 1. The van der Waals surface area contributed by atoms with Gasteiger partial charge < -0.3 is 10.6 Å². The highest BCUT2D eigenvalue weighted by molar-refractivity contribution is 6.04. The summed E-state index contributed by atoms with van der Waals surface area (Å²) in [4.78, 5) is 13.6. The fraction of sp³-hybridized carbons (Fsp3) is 0.364. The van der Waals surface area contributed by atoms with Crippen LogP contribution in [0.15, 0.2) is 12.1 Å². The van der Waals surface area contributed by atoms with Crippen molar-refractivity contribution in [2.45, 2.75) is 12.8 Å². The Bertz CT molecular complexity index is 417. The van der Waals surface area contributed by atoms with E-state index in [1.54, 1.807) is 0 Å². The lowest BCUT2D eigenvalue weighted by Crippen LogP contribution is -2.19. The molecule has 0 saturated heterocycles. The zero-order chi connectivity index (χ0) is 11.0. The molecule has 0 bridgehead atoms. The molecule has 4 heteroatoms. The van der Waals surface area contributed by atoms with E-state index in [1.165, 1.54) is 12.1 Å². The molecule has 0 fully saturated rings. The predicted octanol–water partition coefficient (Wildman–Crippen LogP) is 1.82. The summed E-state index contributed by atoms with van der Waals surface area (Å²) < 4.78 is 13.1. The molecule has 3 nitrogen and oxygen atoms in total. The molecule has 1 aromatic carbocycles. The zero-order valence-electron chi connectivity index (χ0n) is 8.59. The molecule has 0 spiro atoms. The largest absolute Gasteiger partial charge is 0.397 e. The number of rotatable bonds is 0. The number of benzene rings is 1. The van der Waals surface area contributed by atoms with Gasteiger partial charge in [0, 0.05) is 25.6 Å². The first-order valence-corrected chi connectivity index (χ1v) is 4.93. The molecule has 0 radical (unpaired) electrons. The van der Waals surface area contributed by atoms with Crippen LogP contribution in [0.5, 0.6) is 0 Å². The third-order valence-electron chi connectivity index (χ3n) is 2.68. The average Bonchev–Trinajstić information content (AvgIpc) is 2.27. The van der Waals surface area contributed by atoms with E-state index in [-0.39, 0.29) is 5.78 Å². The molecule has 0 unspecified atom stereocenters. The molecule has 0 atom stereocenters. The third-order valence-corrected chi connectivity index (χ3v) is 2.68. The van der Waals surface area contributed by atoms with Crippen molar-refractivity contribution in [2.75, 3.05) is 24.2 Å². The zero-order valence-corrected chi connectivity index (χ0v) is 8.59. The Morgan fingerprint density at radius 2 is 2.20 bits per heavy atom. The van der Waals surface area contributed by atoms with Crippen molar-refractivity contribution in [1.82, 2.24) is 0 Å². The number of hydrogen-bond acceptors (Lipinski definition) is 3. The maximum Gasteiger partial charge on any atom is 0.165 e. The summed E-state index contributed by atoms with van der Waals surface area (Å²) >= 11 is 0. The summed E-state index contributed by atoms with van der Waals surface area (Å²) in [5, 5.41) is 0. The lowest BCUT2D eigenvalue weighted by molar-refractivity contribution is 0.0983. The number of nitrogen functional groups attached to an aromatic ring is 1. The van der Waals surface area contributed by atoms with Crippen molar-refractivity contribution in [3.8, 4) is 0 Å².